The number of benzene rings is 1. The Morgan fingerprint density at radius 3 is 2.27 bits per heavy atom. The molecule has 2 aromatic carbocycles. The Bertz CT molecular complexity index is 669. The number of rotatable bonds is 1. The molecule has 4 heteroatoms. The summed E-state index contributed by atoms with van der Waals surface area (Å²) in [6.45, 7) is 0. The Labute approximate surface area is 163 Å². The maximum Gasteiger partial charge on any atom is 4.00 e. The van der Waals surface area contributed by atoms with Crippen molar-refractivity contribution in [2.75, 3.05) is 0 Å². The van der Waals surface area contributed by atoms with Gasteiger partial charge in [0.15, 0.2) is 0 Å². The molecule has 1 aromatic heterocycles. The molecule has 0 saturated heterocycles. The van der Waals surface area contributed by atoms with Crippen LogP contribution in [0.4, 0.5) is 0 Å². The van der Waals surface area contributed by atoms with Gasteiger partial charge in [-0.2, -0.15) is 6.08 Å². The molecule has 4 rings (SSSR count). The first-order valence-electron chi connectivity index (χ1n) is 6.44. The number of aromatic nitrogens is 1. The van der Waals surface area contributed by atoms with Gasteiger partial charge in [-0.25, -0.2) is 12.2 Å². The summed E-state index contributed by atoms with van der Waals surface area (Å²) in [6, 6.07) is 16.9. The van der Waals surface area contributed by atoms with Gasteiger partial charge in [0.1, 0.15) is 0 Å². The molecule has 1 aliphatic rings. The first-order chi connectivity index (χ1) is 9.43. The van der Waals surface area contributed by atoms with Crippen LogP contribution in [0.1, 0.15) is 6.42 Å². The quantitative estimate of drug-likeness (QED) is 0.441. The fourth-order valence-electron chi connectivity index (χ4n) is 2.13. The minimum absolute atomic E-state index is 0. The van der Waals surface area contributed by atoms with Gasteiger partial charge < -0.3 is 29.4 Å². The number of hydrogen-bond acceptors (Lipinski definition) is 0. The minimum Gasteiger partial charge on any atom is -1.00 e. The molecule has 0 N–H and O–H groups in total. The number of fused-ring (bicyclic) bond motifs is 1. The number of hydrogen-bond donors (Lipinski definition) is 0. The van der Waals surface area contributed by atoms with E-state index in [0.717, 1.165) is 6.42 Å². The second kappa shape index (κ2) is 10.7. The molecule has 1 heterocycles. The first-order valence-corrected chi connectivity index (χ1v) is 6.44. The van der Waals surface area contributed by atoms with Gasteiger partial charge in [-0.1, -0.05) is 6.07 Å². The molecule has 110 valence electrons. The summed E-state index contributed by atoms with van der Waals surface area (Å²) in [5, 5.41) is 2.60. The third-order valence-electron chi connectivity index (χ3n) is 3.09. The second-order valence-corrected chi connectivity index (χ2v) is 4.44. The molecule has 0 atom stereocenters. The van der Waals surface area contributed by atoms with Gasteiger partial charge in [-0.3, -0.25) is 6.08 Å². The zero-order valence-electron chi connectivity index (χ0n) is 11.9. The van der Waals surface area contributed by atoms with Crippen molar-refractivity contribution in [3.63, 3.8) is 0 Å². The van der Waals surface area contributed by atoms with E-state index < -0.39 is 0 Å². The van der Waals surface area contributed by atoms with Gasteiger partial charge in [0.05, 0.1) is 0 Å². The molecule has 1 nitrogen and oxygen atoms in total. The van der Waals surface area contributed by atoms with Gasteiger partial charge in [0, 0.05) is 12.4 Å². The zero-order valence-corrected chi connectivity index (χ0v) is 15.9. The molecule has 1 aliphatic carbocycles. The predicted molar refractivity (Wildman–Crippen MR) is 80.4 cm³/mol. The van der Waals surface area contributed by atoms with E-state index in [1.165, 1.54) is 16.5 Å². The van der Waals surface area contributed by atoms with Crippen molar-refractivity contribution in [3.8, 4) is 5.69 Å². The van der Waals surface area contributed by atoms with Gasteiger partial charge in [0.25, 0.3) is 0 Å². The third-order valence-corrected chi connectivity index (χ3v) is 3.09. The van der Waals surface area contributed by atoms with E-state index in [2.05, 4.69) is 65.5 Å². The Morgan fingerprint density at radius 2 is 1.73 bits per heavy atom. The average molecular weight is 407 g/mol. The second-order valence-electron chi connectivity index (χ2n) is 4.44. The van der Waals surface area contributed by atoms with E-state index in [9.17, 15) is 0 Å². The Hall–Kier alpha value is -0.947. The van der Waals surface area contributed by atoms with Crippen LogP contribution in [0.3, 0.4) is 0 Å². The van der Waals surface area contributed by atoms with E-state index in [4.69, 9.17) is 0 Å². The SMILES string of the molecule is [C-]1=CC=CC1.[Cl-].[Cl-].[Zr+4].c1ccc2[cH-]c(-n3cccc3)cc2c1. The number of allylic oxidation sites excluding steroid dienone is 4. The molecular weight excluding hydrogens is 392 g/mol. The largest absolute Gasteiger partial charge is 4.00 e. The summed E-state index contributed by atoms with van der Waals surface area (Å²) >= 11 is 0. The van der Waals surface area contributed by atoms with E-state index in [-0.39, 0.29) is 51.0 Å². The molecule has 0 aliphatic heterocycles. The smallest absolute Gasteiger partial charge is 1.00 e. The minimum atomic E-state index is 0. The summed E-state index contributed by atoms with van der Waals surface area (Å²) in [4.78, 5) is 0. The van der Waals surface area contributed by atoms with Crippen LogP contribution in [0, 0.1) is 6.08 Å². The fourth-order valence-corrected chi connectivity index (χ4v) is 2.13. The zero-order chi connectivity index (χ0) is 12.9. The van der Waals surface area contributed by atoms with Crippen molar-refractivity contribution < 1.29 is 51.0 Å². The molecule has 3 aromatic rings. The Morgan fingerprint density at radius 1 is 1.00 bits per heavy atom. The summed E-state index contributed by atoms with van der Waals surface area (Å²) in [5.41, 5.74) is 1.23. The van der Waals surface area contributed by atoms with Gasteiger partial charge in [0.2, 0.25) is 0 Å². The van der Waals surface area contributed by atoms with Crippen molar-refractivity contribution in [1.82, 2.24) is 4.57 Å². The average Bonchev–Trinajstić information content (AvgIpc) is 3.20. The van der Waals surface area contributed by atoms with Crippen LogP contribution < -0.4 is 24.8 Å². The van der Waals surface area contributed by atoms with Crippen molar-refractivity contribution >= 4 is 10.8 Å². The molecule has 0 fully saturated rings. The van der Waals surface area contributed by atoms with Crippen LogP contribution in [-0.4, -0.2) is 4.57 Å². The summed E-state index contributed by atoms with van der Waals surface area (Å²) in [5.74, 6) is 0. The molecule has 0 unspecified atom stereocenters. The summed E-state index contributed by atoms with van der Waals surface area (Å²) in [6.07, 6.45) is 14.1. The van der Waals surface area contributed by atoms with Crippen LogP contribution in [0.2, 0.25) is 0 Å². The van der Waals surface area contributed by atoms with Crippen LogP contribution in [0.5, 0.6) is 0 Å². The van der Waals surface area contributed by atoms with E-state index in [1.807, 2.05) is 24.3 Å². The molecule has 0 radical (unpaired) electrons. The van der Waals surface area contributed by atoms with Crippen LogP contribution in [-0.2, 0) is 26.2 Å². The monoisotopic (exact) mass is 405 g/mol. The molecule has 22 heavy (non-hydrogen) atoms. The van der Waals surface area contributed by atoms with Crippen molar-refractivity contribution in [3.05, 3.63) is 85.2 Å². The van der Waals surface area contributed by atoms with Crippen LogP contribution in [0.15, 0.2) is 79.2 Å². The van der Waals surface area contributed by atoms with E-state index in [0.29, 0.717) is 0 Å². The molecule has 0 bridgehead atoms. The van der Waals surface area contributed by atoms with Gasteiger partial charge >= 0.3 is 26.2 Å². The van der Waals surface area contributed by atoms with Crippen molar-refractivity contribution in [2.24, 2.45) is 0 Å². The first kappa shape index (κ1) is 21.1. The predicted octanol–water partition coefficient (Wildman–Crippen LogP) is -1.34. The molecule has 0 saturated carbocycles. The number of nitrogens with zero attached hydrogens (tertiary/aromatic N) is 1. The molecule has 0 amide bonds. The standard InChI is InChI=1S/C13H10N.C5H5.2ClH.Zr/c1-2-6-12-10-13(9-11(12)5-1)14-7-3-4-8-14;1-2-4-5-3-1;;;/h1-10H;1-3H,4H2;2*1H;/q2*-1;;;+4/p-2. The van der Waals surface area contributed by atoms with Crippen molar-refractivity contribution in [1.29, 1.82) is 0 Å². The molecular formula is C18H15Cl2NZr. The number of halogens is 2. The summed E-state index contributed by atoms with van der Waals surface area (Å²) < 4.78 is 2.12. The van der Waals surface area contributed by atoms with Crippen LogP contribution >= 0.6 is 0 Å². The maximum absolute atomic E-state index is 2.99. The van der Waals surface area contributed by atoms with E-state index >= 15 is 0 Å². The maximum atomic E-state index is 2.99. The molecule has 0 spiro atoms. The van der Waals surface area contributed by atoms with Gasteiger partial charge in [-0.05, 0) is 17.8 Å². The fraction of sp³-hybridized carbons (Fsp3) is 0.0556. The Balaban J connectivity index is 0.000000482. The Kier molecular flexibility index (Phi) is 10.3. The van der Waals surface area contributed by atoms with E-state index in [1.54, 1.807) is 0 Å². The topological polar surface area (TPSA) is 4.93 Å². The van der Waals surface area contributed by atoms with Gasteiger partial charge in [-0.15, -0.1) is 47.5 Å². The van der Waals surface area contributed by atoms with Crippen molar-refractivity contribution in [2.45, 2.75) is 6.42 Å². The summed E-state index contributed by atoms with van der Waals surface area (Å²) in [7, 11) is 0. The normalized spacial score (nSPS) is 10.9. The van der Waals surface area contributed by atoms with Crippen LogP contribution in [0.25, 0.3) is 16.5 Å². The third kappa shape index (κ3) is 5.35.